The zero-order valence-corrected chi connectivity index (χ0v) is 11.5. The van der Waals surface area contributed by atoms with Crippen molar-refractivity contribution in [1.82, 2.24) is 5.32 Å². The third-order valence-corrected chi connectivity index (χ3v) is 4.27. The van der Waals surface area contributed by atoms with Crippen molar-refractivity contribution >= 4 is 5.69 Å². The Morgan fingerprint density at radius 2 is 1.75 bits per heavy atom. The van der Waals surface area contributed by atoms with Crippen molar-refractivity contribution < 1.29 is 0 Å². The Labute approximate surface area is 120 Å². The molecule has 0 saturated carbocycles. The second-order valence-electron chi connectivity index (χ2n) is 5.46. The lowest BCUT2D eigenvalue weighted by atomic mass is 9.94. The lowest BCUT2D eigenvalue weighted by molar-refractivity contribution is 0.486. The molecule has 2 radical (unpaired) electrons. The number of benzene rings is 2. The number of hydrogen-bond acceptors (Lipinski definition) is 2. The lowest BCUT2D eigenvalue weighted by Gasteiger charge is -2.40. The van der Waals surface area contributed by atoms with Crippen LogP contribution >= 0.6 is 0 Å². The Hall–Kier alpha value is -1.80. The van der Waals surface area contributed by atoms with E-state index in [-0.39, 0.29) is 6.17 Å². The van der Waals surface area contributed by atoms with Crippen LogP contribution in [0.5, 0.6) is 0 Å². The summed E-state index contributed by atoms with van der Waals surface area (Å²) in [5.74, 6) is 0. The molecule has 0 bridgehead atoms. The van der Waals surface area contributed by atoms with Crippen molar-refractivity contribution in [2.24, 2.45) is 0 Å². The number of hydrogen-bond donors (Lipinski definition) is 1. The molecule has 0 spiro atoms. The first-order valence-electron chi connectivity index (χ1n) is 7.35. The zero-order chi connectivity index (χ0) is 13.4. The third-order valence-electron chi connectivity index (χ3n) is 4.27. The fourth-order valence-electron chi connectivity index (χ4n) is 3.30. The molecule has 20 heavy (non-hydrogen) atoms. The second kappa shape index (κ2) is 4.95. The van der Waals surface area contributed by atoms with Crippen molar-refractivity contribution in [2.75, 3.05) is 11.4 Å². The van der Waals surface area contributed by atoms with Gasteiger partial charge in [0.25, 0.3) is 0 Å². The van der Waals surface area contributed by atoms with Crippen LogP contribution in [0, 0.1) is 6.54 Å². The first-order valence-corrected chi connectivity index (χ1v) is 7.35. The predicted octanol–water partition coefficient (Wildman–Crippen LogP) is 3.32. The molecule has 1 atom stereocenters. The van der Waals surface area contributed by atoms with Gasteiger partial charge in [-0.25, -0.2) is 0 Å². The Morgan fingerprint density at radius 3 is 2.70 bits per heavy atom. The molecular formula is C18H18N2. The predicted molar refractivity (Wildman–Crippen MR) is 81.4 cm³/mol. The number of aryl methyl sites for hydroxylation is 1. The van der Waals surface area contributed by atoms with Gasteiger partial charge in [-0.3, -0.25) is 5.32 Å². The fourth-order valence-corrected chi connectivity index (χ4v) is 3.30. The molecule has 1 unspecified atom stereocenters. The van der Waals surface area contributed by atoms with E-state index in [0.29, 0.717) is 0 Å². The van der Waals surface area contributed by atoms with Gasteiger partial charge in [-0.2, -0.15) is 0 Å². The molecule has 0 aliphatic carbocycles. The molecule has 2 aliphatic rings. The maximum atomic E-state index is 3.65. The van der Waals surface area contributed by atoms with E-state index in [1.54, 1.807) is 0 Å². The van der Waals surface area contributed by atoms with Crippen molar-refractivity contribution in [2.45, 2.75) is 25.4 Å². The Bertz CT molecular complexity index is 565. The maximum absolute atomic E-state index is 3.65. The zero-order valence-electron chi connectivity index (χ0n) is 11.5. The van der Waals surface area contributed by atoms with Crippen LogP contribution in [0.4, 0.5) is 5.69 Å². The minimum atomic E-state index is 0.224. The highest BCUT2D eigenvalue weighted by Gasteiger charge is 2.29. The van der Waals surface area contributed by atoms with E-state index in [4.69, 9.17) is 0 Å². The molecule has 0 fully saturated rings. The van der Waals surface area contributed by atoms with Gasteiger partial charge in [-0.1, -0.05) is 42.5 Å². The highest BCUT2D eigenvalue weighted by molar-refractivity contribution is 5.59. The van der Waals surface area contributed by atoms with E-state index in [1.165, 1.54) is 22.4 Å². The van der Waals surface area contributed by atoms with Gasteiger partial charge in [0.15, 0.2) is 0 Å². The van der Waals surface area contributed by atoms with E-state index in [0.717, 1.165) is 25.8 Å². The van der Waals surface area contributed by atoms with Crippen molar-refractivity contribution in [3.63, 3.8) is 0 Å². The van der Waals surface area contributed by atoms with Crippen LogP contribution in [0.25, 0.3) is 0 Å². The van der Waals surface area contributed by atoms with E-state index in [9.17, 15) is 0 Å². The van der Waals surface area contributed by atoms with Crippen LogP contribution in [0.1, 0.15) is 29.3 Å². The normalized spacial score (nSPS) is 21.2. The topological polar surface area (TPSA) is 15.3 Å². The van der Waals surface area contributed by atoms with Gasteiger partial charge in [0, 0.05) is 12.2 Å². The molecular weight excluding hydrogens is 244 g/mol. The highest BCUT2D eigenvalue weighted by atomic mass is 15.3. The molecule has 2 aliphatic heterocycles. The van der Waals surface area contributed by atoms with Crippen molar-refractivity contribution in [3.05, 3.63) is 71.8 Å². The van der Waals surface area contributed by atoms with Crippen LogP contribution < -0.4 is 10.2 Å². The summed E-state index contributed by atoms with van der Waals surface area (Å²) in [6.07, 6.45) is 3.43. The second-order valence-corrected chi connectivity index (χ2v) is 5.46. The standard InChI is InChI=1S/C18H18N2/c1-3-9-16-14(6-1)11-12-19-18(16)20-13-5-8-15-7-2-4-10-17(15)20/h1-4,6-7,9-10,18-19H,5,8,11-12H2. The smallest absolute Gasteiger partial charge is 0.107 e. The average molecular weight is 262 g/mol. The minimum Gasteiger partial charge on any atom is -0.341 e. The largest absolute Gasteiger partial charge is 0.341 e. The molecule has 2 heterocycles. The number of nitrogens with one attached hydrogen (secondary N) is 1. The van der Waals surface area contributed by atoms with Gasteiger partial charge in [-0.05, 0) is 42.0 Å². The van der Waals surface area contributed by atoms with Crippen LogP contribution in [-0.4, -0.2) is 6.54 Å². The summed E-state index contributed by atoms with van der Waals surface area (Å²) in [6.45, 7) is 4.59. The molecule has 0 saturated heterocycles. The van der Waals surface area contributed by atoms with Crippen LogP contribution in [0.3, 0.4) is 0 Å². The van der Waals surface area contributed by atoms with Crippen LogP contribution in [-0.2, 0) is 12.8 Å². The van der Waals surface area contributed by atoms with E-state index < -0.39 is 0 Å². The number of nitrogens with zero attached hydrogens (tertiary/aromatic N) is 1. The Kier molecular flexibility index (Phi) is 2.96. The Morgan fingerprint density at radius 1 is 0.950 bits per heavy atom. The van der Waals surface area contributed by atoms with Gasteiger partial charge >= 0.3 is 0 Å². The molecule has 2 aromatic carbocycles. The number of para-hydroxylation sites is 1. The lowest BCUT2D eigenvalue weighted by Crippen LogP contribution is -2.42. The first kappa shape index (κ1) is 12.0. The number of rotatable bonds is 1. The maximum Gasteiger partial charge on any atom is 0.107 e. The van der Waals surface area contributed by atoms with Gasteiger partial charge in [-0.15, -0.1) is 0 Å². The molecule has 2 heteroatoms. The van der Waals surface area contributed by atoms with E-state index >= 15 is 0 Å². The summed E-state index contributed by atoms with van der Waals surface area (Å²) in [5.41, 5.74) is 5.58. The quantitative estimate of drug-likeness (QED) is 0.848. The molecule has 1 N–H and O–H groups in total. The Balaban J connectivity index is 1.77. The van der Waals surface area contributed by atoms with Gasteiger partial charge in [0.2, 0.25) is 0 Å². The molecule has 100 valence electrons. The van der Waals surface area contributed by atoms with Crippen molar-refractivity contribution in [1.29, 1.82) is 0 Å². The molecule has 0 aromatic heterocycles. The summed E-state index contributed by atoms with van der Waals surface area (Å²) in [7, 11) is 0. The average Bonchev–Trinajstić information content (AvgIpc) is 2.54. The van der Waals surface area contributed by atoms with Crippen molar-refractivity contribution in [3.8, 4) is 0 Å². The molecule has 2 nitrogen and oxygen atoms in total. The van der Waals surface area contributed by atoms with Crippen LogP contribution in [0.15, 0.2) is 48.5 Å². The summed E-state index contributed by atoms with van der Waals surface area (Å²) in [4.78, 5) is 2.30. The summed E-state index contributed by atoms with van der Waals surface area (Å²) >= 11 is 0. The van der Waals surface area contributed by atoms with Gasteiger partial charge in [0.05, 0.1) is 6.54 Å². The first-order chi connectivity index (χ1) is 9.93. The van der Waals surface area contributed by atoms with E-state index in [1.807, 2.05) is 0 Å². The fraction of sp³-hybridized carbons (Fsp3) is 0.278. The summed E-state index contributed by atoms with van der Waals surface area (Å²) in [5, 5.41) is 3.65. The van der Waals surface area contributed by atoms with Gasteiger partial charge in [0.1, 0.15) is 6.17 Å². The number of fused-ring (bicyclic) bond motifs is 2. The number of anilines is 1. The SMILES string of the molecule is [C]1CCc2ccccc2N1C1NCCc2ccccc21. The summed E-state index contributed by atoms with van der Waals surface area (Å²) < 4.78 is 0. The third kappa shape index (κ3) is 1.92. The minimum absolute atomic E-state index is 0.224. The highest BCUT2D eigenvalue weighted by Crippen LogP contribution is 2.36. The molecule has 2 aromatic rings. The van der Waals surface area contributed by atoms with E-state index in [2.05, 4.69) is 65.3 Å². The monoisotopic (exact) mass is 262 g/mol. The molecule has 4 rings (SSSR count). The molecule has 0 amide bonds. The summed E-state index contributed by atoms with van der Waals surface area (Å²) in [6, 6.07) is 17.5. The van der Waals surface area contributed by atoms with Crippen LogP contribution in [0.2, 0.25) is 0 Å². The van der Waals surface area contributed by atoms with Gasteiger partial charge < -0.3 is 4.90 Å².